The first-order chi connectivity index (χ1) is 13.8. The number of likely N-dealkylation sites (tertiary alicyclic amines) is 1. The van der Waals surface area contributed by atoms with Crippen LogP contribution in [0, 0.1) is 17.8 Å². The number of benzene rings is 1. The average molecular weight is 383 g/mol. The Morgan fingerprint density at radius 1 is 1.04 bits per heavy atom. The Hall–Kier alpha value is -1.06. The van der Waals surface area contributed by atoms with Gasteiger partial charge in [0.05, 0.1) is 6.61 Å². The fraction of sp³-hybridized carbons (Fsp3) is 0.760. The molecule has 3 fully saturated rings. The van der Waals surface area contributed by atoms with Gasteiger partial charge in [0.25, 0.3) is 0 Å². The lowest BCUT2D eigenvalue weighted by Crippen LogP contribution is -2.35. The second-order valence-corrected chi connectivity index (χ2v) is 9.98. The first-order valence-corrected chi connectivity index (χ1v) is 12.0. The molecular formula is C25H38N2O. The van der Waals surface area contributed by atoms with E-state index >= 15 is 0 Å². The molecule has 3 nitrogen and oxygen atoms in total. The Bertz CT molecular complexity index is 654. The topological polar surface area (TPSA) is 24.5 Å². The lowest BCUT2D eigenvalue weighted by atomic mass is 9.83. The molecule has 0 aromatic heterocycles. The predicted molar refractivity (Wildman–Crippen MR) is 115 cm³/mol. The molecule has 1 saturated heterocycles. The highest BCUT2D eigenvalue weighted by atomic mass is 16.5. The molecule has 1 aliphatic heterocycles. The molecule has 1 aromatic rings. The smallest absolute Gasteiger partial charge is 0.119 e. The minimum absolute atomic E-state index is 0.802. The summed E-state index contributed by atoms with van der Waals surface area (Å²) in [5.41, 5.74) is 3.11. The van der Waals surface area contributed by atoms with Crippen LogP contribution in [-0.4, -0.2) is 43.7 Å². The van der Waals surface area contributed by atoms with Gasteiger partial charge >= 0.3 is 0 Å². The summed E-state index contributed by atoms with van der Waals surface area (Å²) in [6.07, 6.45) is 13.6. The first kappa shape index (κ1) is 18.9. The fourth-order valence-electron chi connectivity index (χ4n) is 6.43. The summed E-state index contributed by atoms with van der Waals surface area (Å²) >= 11 is 0. The minimum atomic E-state index is 0.802. The third-order valence-electron chi connectivity index (χ3n) is 7.96. The summed E-state index contributed by atoms with van der Waals surface area (Å²) in [6.45, 7) is 5.91. The summed E-state index contributed by atoms with van der Waals surface area (Å²) < 4.78 is 6.08. The van der Waals surface area contributed by atoms with E-state index in [0.717, 1.165) is 49.1 Å². The van der Waals surface area contributed by atoms with Gasteiger partial charge in [-0.15, -0.1) is 0 Å². The lowest BCUT2D eigenvalue weighted by molar-refractivity contribution is 0.261. The van der Waals surface area contributed by atoms with Crippen molar-refractivity contribution in [1.29, 1.82) is 0 Å². The summed E-state index contributed by atoms with van der Waals surface area (Å²) in [7, 11) is 0. The van der Waals surface area contributed by atoms with E-state index in [4.69, 9.17) is 4.74 Å². The molecular weight excluding hydrogens is 344 g/mol. The molecule has 2 saturated carbocycles. The highest BCUT2D eigenvalue weighted by molar-refractivity contribution is 5.37. The van der Waals surface area contributed by atoms with Gasteiger partial charge in [-0.05, 0) is 118 Å². The van der Waals surface area contributed by atoms with Gasteiger partial charge in [0.1, 0.15) is 5.75 Å². The van der Waals surface area contributed by atoms with Crippen molar-refractivity contribution >= 4 is 0 Å². The molecule has 28 heavy (non-hydrogen) atoms. The van der Waals surface area contributed by atoms with E-state index in [2.05, 4.69) is 28.4 Å². The second kappa shape index (κ2) is 8.75. The molecule has 4 atom stereocenters. The van der Waals surface area contributed by atoms with Gasteiger partial charge in [-0.1, -0.05) is 12.5 Å². The summed E-state index contributed by atoms with van der Waals surface area (Å²) in [5, 5.41) is 3.80. The molecule has 1 heterocycles. The van der Waals surface area contributed by atoms with Crippen LogP contribution < -0.4 is 10.1 Å². The Kier molecular flexibility index (Phi) is 5.92. The van der Waals surface area contributed by atoms with Gasteiger partial charge in [0.15, 0.2) is 0 Å². The van der Waals surface area contributed by atoms with Gasteiger partial charge in [-0.2, -0.15) is 0 Å². The largest absolute Gasteiger partial charge is 0.494 e. The van der Waals surface area contributed by atoms with Crippen LogP contribution in [0.2, 0.25) is 0 Å². The van der Waals surface area contributed by atoms with Gasteiger partial charge in [-0.25, -0.2) is 0 Å². The van der Waals surface area contributed by atoms with Crippen molar-refractivity contribution in [3.05, 3.63) is 29.3 Å². The average Bonchev–Trinajstić information content (AvgIpc) is 3.46. The first-order valence-electron chi connectivity index (χ1n) is 12.0. The zero-order valence-corrected chi connectivity index (χ0v) is 17.5. The number of fused-ring (bicyclic) bond motifs is 3. The van der Waals surface area contributed by atoms with E-state index in [-0.39, 0.29) is 0 Å². The molecule has 1 N–H and O–H groups in total. The maximum atomic E-state index is 6.08. The minimum Gasteiger partial charge on any atom is -0.494 e. The molecule has 4 aliphatic rings. The van der Waals surface area contributed by atoms with Crippen molar-refractivity contribution in [2.75, 3.05) is 32.8 Å². The van der Waals surface area contributed by atoms with E-state index < -0.39 is 0 Å². The van der Waals surface area contributed by atoms with Crippen molar-refractivity contribution in [3.63, 3.8) is 0 Å². The highest BCUT2D eigenvalue weighted by Crippen LogP contribution is 2.44. The van der Waals surface area contributed by atoms with Crippen LogP contribution in [0.15, 0.2) is 18.2 Å². The van der Waals surface area contributed by atoms with Crippen LogP contribution in [-0.2, 0) is 12.8 Å². The molecule has 3 aliphatic carbocycles. The Morgan fingerprint density at radius 2 is 1.96 bits per heavy atom. The number of hydrogen-bond donors (Lipinski definition) is 1. The number of ether oxygens (including phenoxy) is 1. The van der Waals surface area contributed by atoms with Gasteiger partial charge in [0, 0.05) is 12.6 Å². The van der Waals surface area contributed by atoms with Crippen LogP contribution in [0.4, 0.5) is 0 Å². The van der Waals surface area contributed by atoms with E-state index in [9.17, 15) is 0 Å². The fourth-order valence-corrected chi connectivity index (χ4v) is 6.43. The zero-order valence-electron chi connectivity index (χ0n) is 17.5. The van der Waals surface area contributed by atoms with Gasteiger partial charge in [0.2, 0.25) is 0 Å². The van der Waals surface area contributed by atoms with Crippen LogP contribution in [0.3, 0.4) is 0 Å². The standard InChI is InChI=1S/C25H38N2O/c1-2-12-27(11-1)18-20-5-6-22-17-24(9-8-21(22)15-20)28-13-3-10-26-25-16-19-4-7-23(25)14-19/h8-9,17,19-20,23,25-26H,1-7,10-16,18H2. The Labute approximate surface area is 171 Å². The molecule has 1 aromatic carbocycles. The van der Waals surface area contributed by atoms with Crippen LogP contribution in [0.1, 0.15) is 62.5 Å². The SMILES string of the molecule is c1cc2c(cc1OCCCNC1CC3CCC1C3)CCC(CN1CCCC1)C2. The predicted octanol–water partition coefficient (Wildman–Crippen LogP) is 4.43. The van der Waals surface area contributed by atoms with Crippen molar-refractivity contribution in [3.8, 4) is 5.75 Å². The van der Waals surface area contributed by atoms with Crippen molar-refractivity contribution < 1.29 is 4.74 Å². The Balaban J connectivity index is 1.03. The van der Waals surface area contributed by atoms with E-state index in [0.29, 0.717) is 0 Å². The molecule has 2 bridgehead atoms. The van der Waals surface area contributed by atoms with E-state index in [1.165, 1.54) is 83.0 Å². The normalized spacial score (nSPS) is 32.0. The van der Waals surface area contributed by atoms with E-state index in [1.54, 1.807) is 5.56 Å². The van der Waals surface area contributed by atoms with Gasteiger partial charge in [-0.3, -0.25) is 0 Å². The molecule has 5 rings (SSSR count). The number of aryl methyl sites for hydroxylation is 1. The summed E-state index contributed by atoms with van der Waals surface area (Å²) in [4.78, 5) is 2.68. The van der Waals surface area contributed by atoms with Crippen LogP contribution in [0.5, 0.6) is 5.75 Å². The van der Waals surface area contributed by atoms with Crippen molar-refractivity contribution in [2.45, 2.75) is 70.3 Å². The summed E-state index contributed by atoms with van der Waals surface area (Å²) in [5.74, 6) is 3.94. The monoisotopic (exact) mass is 382 g/mol. The number of nitrogens with zero attached hydrogens (tertiary/aromatic N) is 1. The molecule has 0 amide bonds. The van der Waals surface area contributed by atoms with Crippen molar-refractivity contribution in [1.82, 2.24) is 10.2 Å². The number of rotatable bonds is 8. The molecule has 0 radical (unpaired) electrons. The molecule has 0 spiro atoms. The number of nitrogens with one attached hydrogen (secondary N) is 1. The maximum absolute atomic E-state index is 6.08. The van der Waals surface area contributed by atoms with Crippen LogP contribution in [0.25, 0.3) is 0 Å². The Morgan fingerprint density at radius 3 is 2.79 bits per heavy atom. The molecule has 3 heteroatoms. The van der Waals surface area contributed by atoms with Crippen molar-refractivity contribution in [2.24, 2.45) is 17.8 Å². The molecule has 154 valence electrons. The van der Waals surface area contributed by atoms with Gasteiger partial charge < -0.3 is 15.0 Å². The molecule has 4 unspecified atom stereocenters. The number of hydrogen-bond acceptors (Lipinski definition) is 3. The maximum Gasteiger partial charge on any atom is 0.119 e. The van der Waals surface area contributed by atoms with Crippen LogP contribution >= 0.6 is 0 Å². The quantitative estimate of drug-likeness (QED) is 0.673. The third-order valence-corrected chi connectivity index (χ3v) is 7.96. The second-order valence-electron chi connectivity index (χ2n) is 9.98. The summed E-state index contributed by atoms with van der Waals surface area (Å²) in [6, 6.07) is 7.68. The lowest BCUT2D eigenvalue weighted by Gasteiger charge is -2.28. The third kappa shape index (κ3) is 4.41. The zero-order chi connectivity index (χ0) is 18.8. The highest BCUT2D eigenvalue weighted by Gasteiger charge is 2.38. The van der Waals surface area contributed by atoms with E-state index in [1.807, 2.05) is 0 Å².